The van der Waals surface area contributed by atoms with Crippen molar-refractivity contribution >= 4 is 35.2 Å². The fraction of sp³-hybridized carbons (Fsp3) is 0.519. The van der Waals surface area contributed by atoms with Gasteiger partial charge in [-0.15, -0.1) is 0 Å². The molecule has 2 aromatic heterocycles. The largest absolute Gasteiger partial charge is 0.469 e. The van der Waals surface area contributed by atoms with Gasteiger partial charge >= 0.3 is 12.1 Å². The van der Waals surface area contributed by atoms with Crippen molar-refractivity contribution in [3.63, 3.8) is 0 Å². The van der Waals surface area contributed by atoms with Crippen LogP contribution < -0.4 is 4.90 Å². The summed E-state index contributed by atoms with van der Waals surface area (Å²) in [6.07, 6.45) is -1.86. The van der Waals surface area contributed by atoms with Gasteiger partial charge in [-0.25, -0.2) is 0 Å². The summed E-state index contributed by atoms with van der Waals surface area (Å²) in [5, 5.41) is 5.27. The lowest BCUT2D eigenvalue weighted by molar-refractivity contribution is -0.153. The van der Waals surface area contributed by atoms with Crippen LogP contribution >= 0.6 is 23.2 Å². The first-order valence-corrected chi connectivity index (χ1v) is 13.8. The van der Waals surface area contributed by atoms with Crippen LogP contribution in [0.1, 0.15) is 54.4 Å². The van der Waals surface area contributed by atoms with Crippen LogP contribution in [0.2, 0.25) is 10.0 Å². The molecule has 0 amide bonds. The first-order valence-electron chi connectivity index (χ1n) is 13.1. The number of rotatable bonds is 8. The van der Waals surface area contributed by atoms with E-state index >= 15 is 0 Å². The zero-order valence-corrected chi connectivity index (χ0v) is 23.0. The Hall–Kier alpha value is -2.76. The highest BCUT2D eigenvalue weighted by Gasteiger charge is 2.45. The number of oxazole rings is 1. The number of carbonyl (C=O) groups excluding carboxylic acids is 1. The van der Waals surface area contributed by atoms with Crippen molar-refractivity contribution in [3.05, 3.63) is 51.0 Å². The number of alkyl halides is 3. The number of anilines is 1. The highest BCUT2D eigenvalue weighted by molar-refractivity contribution is 6.39. The molecule has 1 saturated heterocycles. The van der Waals surface area contributed by atoms with E-state index in [0.717, 1.165) is 44.1 Å². The molecule has 0 N–H and O–H groups in total. The van der Waals surface area contributed by atoms with Crippen LogP contribution in [0.4, 0.5) is 19.2 Å². The van der Waals surface area contributed by atoms with E-state index in [1.165, 1.54) is 0 Å². The molecular weight excluding hydrogens is 574 g/mol. The first kappa shape index (κ1) is 27.4. The highest BCUT2D eigenvalue weighted by atomic mass is 35.5. The average molecular weight is 600 g/mol. The Morgan fingerprint density at radius 3 is 2.42 bits per heavy atom. The number of nitrogens with zero attached hydrogens (tertiary/aromatic N) is 3. The molecule has 1 aliphatic heterocycles. The van der Waals surface area contributed by atoms with Crippen LogP contribution in [0.25, 0.3) is 11.3 Å². The molecule has 3 aromatic rings. The van der Waals surface area contributed by atoms with Gasteiger partial charge in [-0.1, -0.05) is 34.4 Å². The van der Waals surface area contributed by atoms with Crippen molar-refractivity contribution in [1.82, 2.24) is 10.1 Å². The number of carbonyl (C=O) groups is 1. The molecule has 8 nitrogen and oxygen atoms in total. The Bertz CT molecular complexity index is 1390. The molecule has 3 heterocycles. The number of fused-ring (bicyclic) bond motifs is 1. The number of halogens is 5. The van der Waals surface area contributed by atoms with E-state index in [1.54, 1.807) is 23.1 Å². The lowest BCUT2D eigenvalue weighted by Crippen LogP contribution is -2.23. The zero-order valence-electron chi connectivity index (χ0n) is 21.5. The summed E-state index contributed by atoms with van der Waals surface area (Å²) < 4.78 is 62.2. The fourth-order valence-electron chi connectivity index (χ4n) is 5.81. The lowest BCUT2D eigenvalue weighted by atomic mass is 10.0. The molecule has 2 saturated carbocycles. The molecule has 3 fully saturated rings. The van der Waals surface area contributed by atoms with Gasteiger partial charge in [-0.2, -0.15) is 18.2 Å². The maximum absolute atomic E-state index is 13.5. The number of ether oxygens (including phenoxy) is 2. The minimum Gasteiger partial charge on any atom is -0.469 e. The van der Waals surface area contributed by atoms with Gasteiger partial charge in [-0.05, 0) is 49.7 Å². The molecule has 6 rings (SSSR count). The topological polar surface area (TPSA) is 90.8 Å². The summed E-state index contributed by atoms with van der Waals surface area (Å²) in [6.45, 7) is 1.27. The maximum atomic E-state index is 13.5. The summed E-state index contributed by atoms with van der Waals surface area (Å²) in [4.78, 5) is 17.3. The Morgan fingerprint density at radius 2 is 1.82 bits per heavy atom. The van der Waals surface area contributed by atoms with Gasteiger partial charge < -0.3 is 23.3 Å². The first-order chi connectivity index (χ1) is 19.1. The molecule has 3 atom stereocenters. The predicted octanol–water partition coefficient (Wildman–Crippen LogP) is 6.68. The Balaban J connectivity index is 1.13. The van der Waals surface area contributed by atoms with Gasteiger partial charge in [0.15, 0.2) is 0 Å². The second kappa shape index (κ2) is 10.6. The summed E-state index contributed by atoms with van der Waals surface area (Å²) in [5.74, 6) is -0.551. The highest BCUT2D eigenvalue weighted by Crippen LogP contribution is 2.47. The number of hydrogen-bond acceptors (Lipinski definition) is 8. The van der Waals surface area contributed by atoms with Crippen molar-refractivity contribution in [1.29, 1.82) is 0 Å². The third kappa shape index (κ3) is 5.31. The molecule has 1 unspecified atom stereocenters. The molecule has 0 spiro atoms. The molecule has 214 valence electrons. The van der Waals surface area contributed by atoms with Crippen molar-refractivity contribution in [2.24, 2.45) is 11.8 Å². The van der Waals surface area contributed by atoms with Gasteiger partial charge in [0.2, 0.25) is 5.76 Å². The van der Waals surface area contributed by atoms with Crippen LogP contribution in [0.3, 0.4) is 0 Å². The van der Waals surface area contributed by atoms with E-state index in [0.29, 0.717) is 46.9 Å². The number of esters is 1. The quantitative estimate of drug-likeness (QED) is 0.265. The number of benzene rings is 1. The summed E-state index contributed by atoms with van der Waals surface area (Å²) >= 11 is 12.9. The normalized spacial score (nSPS) is 22.6. The van der Waals surface area contributed by atoms with Crippen LogP contribution in [0, 0.1) is 11.8 Å². The average Bonchev–Trinajstić information content (AvgIpc) is 3.19. The minimum absolute atomic E-state index is 0.0288. The third-order valence-corrected chi connectivity index (χ3v) is 8.52. The number of methoxy groups -OCH3 is 1. The molecule has 3 aliphatic rings. The van der Waals surface area contributed by atoms with E-state index in [-0.39, 0.29) is 24.0 Å². The van der Waals surface area contributed by atoms with Gasteiger partial charge in [0.05, 0.1) is 36.3 Å². The Kier molecular flexibility index (Phi) is 7.25. The summed E-state index contributed by atoms with van der Waals surface area (Å²) in [5.41, 5.74) is 1.60. The van der Waals surface area contributed by atoms with Crippen LogP contribution in [0.15, 0.2) is 27.1 Å². The minimum atomic E-state index is -4.77. The number of aromatic nitrogens is 2. The molecule has 2 aliphatic carbocycles. The molecule has 13 heteroatoms. The van der Waals surface area contributed by atoms with E-state index in [4.69, 9.17) is 36.9 Å². The van der Waals surface area contributed by atoms with E-state index in [9.17, 15) is 18.0 Å². The zero-order chi connectivity index (χ0) is 28.2. The van der Waals surface area contributed by atoms with Gasteiger partial charge in [0.1, 0.15) is 17.1 Å². The fourth-order valence-corrected chi connectivity index (χ4v) is 6.39. The lowest BCUT2D eigenvalue weighted by Gasteiger charge is -2.18. The predicted molar refractivity (Wildman–Crippen MR) is 138 cm³/mol. The number of hydrogen-bond donors (Lipinski definition) is 0. The Labute approximate surface area is 237 Å². The SMILES string of the molecule is COC(=O)Cc1nc(N2C[C@H]3CC(OCc4c(-c5c(Cl)cccc5Cl)noc4C4CC4)C[C@H]3C2)oc1C(F)(F)F. The van der Waals surface area contributed by atoms with Gasteiger partial charge in [-0.3, -0.25) is 4.79 Å². The van der Waals surface area contributed by atoms with E-state index in [2.05, 4.69) is 14.9 Å². The van der Waals surface area contributed by atoms with Gasteiger partial charge in [0, 0.05) is 30.1 Å². The summed E-state index contributed by atoms with van der Waals surface area (Å²) in [7, 11) is 1.11. The standard InChI is InChI=1S/C27H26Cl2F3N3O5/c1-37-21(36)9-20-25(27(30,31)32)39-26(33-20)35-10-14-7-16(8-15(14)11-35)38-12-17-23(34-40-24(17)13-5-6-13)22-18(28)3-2-4-19(22)29/h2-4,13-16H,5-12H2,1H3/t14-,15+,16?. The molecule has 40 heavy (non-hydrogen) atoms. The van der Waals surface area contributed by atoms with Crippen molar-refractivity contribution in [3.8, 4) is 11.3 Å². The molecule has 1 aromatic carbocycles. The molecular formula is C27H26Cl2F3N3O5. The van der Waals surface area contributed by atoms with Crippen LogP contribution in [-0.4, -0.2) is 42.4 Å². The molecule has 0 radical (unpaired) electrons. The van der Waals surface area contributed by atoms with E-state index in [1.807, 2.05) is 0 Å². The summed E-state index contributed by atoms with van der Waals surface area (Å²) in [6, 6.07) is 5.16. The smallest absolute Gasteiger partial charge is 0.451 e. The Morgan fingerprint density at radius 1 is 1.15 bits per heavy atom. The second-order valence-corrected chi connectivity index (χ2v) is 11.4. The maximum Gasteiger partial charge on any atom is 0.451 e. The van der Waals surface area contributed by atoms with Crippen molar-refractivity contribution in [2.75, 3.05) is 25.1 Å². The second-order valence-electron chi connectivity index (χ2n) is 10.6. The molecule has 0 bridgehead atoms. The van der Waals surface area contributed by atoms with E-state index < -0.39 is 30.0 Å². The van der Waals surface area contributed by atoms with Gasteiger partial charge in [0.25, 0.3) is 6.01 Å². The van der Waals surface area contributed by atoms with Crippen LogP contribution in [-0.2, 0) is 33.5 Å². The van der Waals surface area contributed by atoms with Crippen molar-refractivity contribution < 1.29 is 36.4 Å². The van der Waals surface area contributed by atoms with Crippen molar-refractivity contribution in [2.45, 2.75) is 56.9 Å². The van der Waals surface area contributed by atoms with Crippen LogP contribution in [0.5, 0.6) is 0 Å². The third-order valence-electron chi connectivity index (χ3n) is 7.89. The monoisotopic (exact) mass is 599 g/mol.